The Labute approximate surface area is 175 Å². The van der Waals surface area contributed by atoms with Crippen LogP contribution in [0.2, 0.25) is 0 Å². The van der Waals surface area contributed by atoms with Crippen molar-refractivity contribution >= 4 is 45.1 Å². The molecule has 10 heteroatoms. The van der Waals surface area contributed by atoms with E-state index in [1.54, 1.807) is 24.6 Å². The Morgan fingerprint density at radius 2 is 1.97 bits per heavy atom. The lowest BCUT2D eigenvalue weighted by molar-refractivity contribution is 0.307. The van der Waals surface area contributed by atoms with Gasteiger partial charge in [-0.1, -0.05) is 11.8 Å². The molecule has 0 radical (unpaired) electrons. The fourth-order valence-corrected chi connectivity index (χ4v) is 4.13. The number of methoxy groups -OCH3 is 1. The first-order chi connectivity index (χ1) is 14.1. The van der Waals surface area contributed by atoms with E-state index in [2.05, 4.69) is 19.9 Å². The van der Waals surface area contributed by atoms with Crippen LogP contribution in [-0.4, -0.2) is 33.3 Å². The van der Waals surface area contributed by atoms with Crippen LogP contribution in [0.5, 0.6) is 11.5 Å². The monoisotopic (exact) mass is 426 g/mol. The SMILES string of the molecule is COc1ccc(OCc2cnc(N)nc2N)c(-c2cc3cnc(SC)nc3s2)c1. The van der Waals surface area contributed by atoms with Crippen molar-refractivity contribution in [1.29, 1.82) is 0 Å². The van der Waals surface area contributed by atoms with E-state index < -0.39 is 0 Å². The third kappa shape index (κ3) is 4.03. The predicted molar refractivity (Wildman–Crippen MR) is 116 cm³/mol. The van der Waals surface area contributed by atoms with Crippen molar-refractivity contribution in [1.82, 2.24) is 19.9 Å². The van der Waals surface area contributed by atoms with Crippen LogP contribution in [0.25, 0.3) is 20.7 Å². The number of aromatic nitrogens is 4. The lowest BCUT2D eigenvalue weighted by atomic mass is 10.1. The second-order valence-electron chi connectivity index (χ2n) is 6.02. The number of benzene rings is 1. The smallest absolute Gasteiger partial charge is 0.221 e. The van der Waals surface area contributed by atoms with Crippen LogP contribution < -0.4 is 20.9 Å². The van der Waals surface area contributed by atoms with Crippen LogP contribution in [0.4, 0.5) is 11.8 Å². The first-order valence-corrected chi connectivity index (χ1v) is 10.6. The van der Waals surface area contributed by atoms with Crippen molar-refractivity contribution < 1.29 is 9.47 Å². The lowest BCUT2D eigenvalue weighted by Crippen LogP contribution is -2.06. The van der Waals surface area contributed by atoms with Gasteiger partial charge in [0.25, 0.3) is 0 Å². The van der Waals surface area contributed by atoms with E-state index in [1.807, 2.05) is 36.7 Å². The molecule has 1 aromatic carbocycles. The summed E-state index contributed by atoms with van der Waals surface area (Å²) in [4.78, 5) is 18.8. The van der Waals surface area contributed by atoms with Gasteiger partial charge in [0.05, 0.1) is 12.7 Å². The first-order valence-electron chi connectivity index (χ1n) is 8.56. The van der Waals surface area contributed by atoms with Crippen molar-refractivity contribution in [3.63, 3.8) is 0 Å². The van der Waals surface area contributed by atoms with Crippen LogP contribution in [0.3, 0.4) is 0 Å². The van der Waals surface area contributed by atoms with Crippen molar-refractivity contribution in [2.75, 3.05) is 24.8 Å². The topological polar surface area (TPSA) is 122 Å². The summed E-state index contributed by atoms with van der Waals surface area (Å²) in [6.07, 6.45) is 5.36. The standard InChI is InChI=1S/C19H18N6O2S2/c1-26-12-3-4-14(27-9-11-8-22-18(21)24-16(11)20)13(6-12)15-5-10-7-23-19(28-2)25-17(10)29-15/h3-8H,9H2,1-2H3,(H4,20,21,22,24). The Kier molecular flexibility index (Phi) is 5.36. The van der Waals surface area contributed by atoms with Gasteiger partial charge < -0.3 is 20.9 Å². The number of ether oxygens (including phenoxy) is 2. The number of hydrogen-bond acceptors (Lipinski definition) is 10. The molecule has 0 saturated carbocycles. The highest BCUT2D eigenvalue weighted by atomic mass is 32.2. The second-order valence-corrected chi connectivity index (χ2v) is 7.82. The number of hydrogen-bond donors (Lipinski definition) is 2. The van der Waals surface area contributed by atoms with E-state index in [0.29, 0.717) is 17.1 Å². The predicted octanol–water partition coefficient (Wildman–Crippen LogP) is 3.62. The van der Waals surface area contributed by atoms with Gasteiger partial charge in [-0.25, -0.2) is 15.0 Å². The van der Waals surface area contributed by atoms with Gasteiger partial charge in [-0.05, 0) is 30.5 Å². The Morgan fingerprint density at radius 3 is 2.72 bits per heavy atom. The van der Waals surface area contributed by atoms with Gasteiger partial charge >= 0.3 is 0 Å². The van der Waals surface area contributed by atoms with Gasteiger partial charge in [-0.2, -0.15) is 4.98 Å². The van der Waals surface area contributed by atoms with Crippen LogP contribution in [0.15, 0.2) is 41.8 Å². The summed E-state index contributed by atoms with van der Waals surface area (Å²) in [6, 6.07) is 7.70. The molecule has 0 unspecified atom stereocenters. The normalized spacial score (nSPS) is 11.0. The Morgan fingerprint density at radius 1 is 1.10 bits per heavy atom. The summed E-state index contributed by atoms with van der Waals surface area (Å²) in [6.45, 7) is 0.215. The fourth-order valence-electron chi connectivity index (χ4n) is 2.70. The van der Waals surface area contributed by atoms with Gasteiger partial charge in [0.1, 0.15) is 28.8 Å². The summed E-state index contributed by atoms with van der Waals surface area (Å²) in [5, 5.41) is 1.72. The number of nitrogens with zero attached hydrogens (tertiary/aromatic N) is 4. The molecular weight excluding hydrogens is 408 g/mol. The maximum absolute atomic E-state index is 6.05. The van der Waals surface area contributed by atoms with Gasteiger partial charge in [0, 0.05) is 28.2 Å². The molecule has 0 aliphatic rings. The zero-order valence-corrected chi connectivity index (χ0v) is 17.4. The first kappa shape index (κ1) is 19.2. The molecule has 0 spiro atoms. The Hall–Kier alpha value is -3.11. The molecule has 0 aliphatic carbocycles. The highest BCUT2D eigenvalue weighted by Gasteiger charge is 2.14. The zero-order valence-electron chi connectivity index (χ0n) is 15.7. The molecule has 0 saturated heterocycles. The average Bonchev–Trinajstić information content (AvgIpc) is 3.16. The molecule has 4 N–H and O–H groups in total. The summed E-state index contributed by atoms with van der Waals surface area (Å²) < 4.78 is 11.4. The van der Waals surface area contributed by atoms with Crippen molar-refractivity contribution in [3.05, 3.63) is 42.2 Å². The highest BCUT2D eigenvalue weighted by molar-refractivity contribution is 7.98. The number of rotatable bonds is 6. The average molecular weight is 427 g/mol. The van der Waals surface area contributed by atoms with E-state index >= 15 is 0 Å². The third-order valence-electron chi connectivity index (χ3n) is 4.19. The molecule has 4 rings (SSSR count). The van der Waals surface area contributed by atoms with Gasteiger partial charge in [-0.15, -0.1) is 11.3 Å². The molecule has 29 heavy (non-hydrogen) atoms. The largest absolute Gasteiger partial charge is 0.497 e. The summed E-state index contributed by atoms with van der Waals surface area (Å²) in [5.74, 6) is 1.85. The minimum absolute atomic E-state index is 0.132. The number of nitrogen functional groups attached to an aromatic ring is 2. The molecule has 148 valence electrons. The lowest BCUT2D eigenvalue weighted by Gasteiger charge is -2.13. The minimum Gasteiger partial charge on any atom is -0.497 e. The molecule has 3 aromatic heterocycles. The van der Waals surface area contributed by atoms with Crippen LogP contribution in [-0.2, 0) is 6.61 Å². The van der Waals surface area contributed by atoms with Gasteiger partial charge in [0.15, 0.2) is 5.16 Å². The maximum atomic E-state index is 6.05. The fraction of sp³-hybridized carbons (Fsp3) is 0.158. The van der Waals surface area contributed by atoms with E-state index in [9.17, 15) is 0 Å². The van der Waals surface area contributed by atoms with E-state index in [-0.39, 0.29) is 12.6 Å². The minimum atomic E-state index is 0.132. The van der Waals surface area contributed by atoms with Crippen LogP contribution in [0, 0.1) is 0 Å². The number of thioether (sulfide) groups is 1. The Balaban J connectivity index is 1.70. The van der Waals surface area contributed by atoms with E-state index in [4.69, 9.17) is 20.9 Å². The summed E-state index contributed by atoms with van der Waals surface area (Å²) in [7, 11) is 1.63. The highest BCUT2D eigenvalue weighted by Crippen LogP contribution is 2.40. The van der Waals surface area contributed by atoms with Crippen LogP contribution >= 0.6 is 23.1 Å². The number of thiophene rings is 1. The van der Waals surface area contributed by atoms with E-state index in [1.165, 1.54) is 11.8 Å². The molecular formula is C19H18N6O2S2. The van der Waals surface area contributed by atoms with Crippen LogP contribution in [0.1, 0.15) is 5.56 Å². The third-order valence-corrected chi connectivity index (χ3v) is 5.83. The molecule has 4 aromatic rings. The van der Waals surface area contributed by atoms with Gasteiger partial charge in [-0.3, -0.25) is 0 Å². The molecule has 8 nitrogen and oxygen atoms in total. The van der Waals surface area contributed by atoms with Gasteiger partial charge in [0.2, 0.25) is 5.95 Å². The molecule has 3 heterocycles. The summed E-state index contributed by atoms with van der Waals surface area (Å²) >= 11 is 3.09. The summed E-state index contributed by atoms with van der Waals surface area (Å²) in [5.41, 5.74) is 13.0. The maximum Gasteiger partial charge on any atom is 0.221 e. The zero-order chi connectivity index (χ0) is 20.4. The number of anilines is 2. The molecule has 0 bridgehead atoms. The molecule has 0 fully saturated rings. The number of nitrogens with two attached hydrogens (primary N) is 2. The van der Waals surface area contributed by atoms with Crippen molar-refractivity contribution in [2.24, 2.45) is 0 Å². The quantitative estimate of drug-likeness (QED) is 0.351. The van der Waals surface area contributed by atoms with Crippen molar-refractivity contribution in [3.8, 4) is 21.9 Å². The molecule has 0 atom stereocenters. The Bertz CT molecular complexity index is 1180. The second kappa shape index (κ2) is 8.10. The molecule has 0 amide bonds. The van der Waals surface area contributed by atoms with E-state index in [0.717, 1.165) is 31.6 Å². The van der Waals surface area contributed by atoms with Crippen molar-refractivity contribution in [2.45, 2.75) is 11.8 Å². The number of fused-ring (bicyclic) bond motifs is 1. The molecule has 0 aliphatic heterocycles.